The summed E-state index contributed by atoms with van der Waals surface area (Å²) in [5, 5.41) is 22.7. The maximum Gasteiger partial charge on any atom is 0.220 e. The van der Waals surface area contributed by atoms with E-state index in [2.05, 4.69) is 19.2 Å². The van der Waals surface area contributed by atoms with Crippen LogP contribution in [0.4, 0.5) is 0 Å². The van der Waals surface area contributed by atoms with Gasteiger partial charge in [-0.25, -0.2) is 0 Å². The van der Waals surface area contributed by atoms with Crippen molar-refractivity contribution in [3.8, 4) is 0 Å². The van der Waals surface area contributed by atoms with Crippen LogP contribution >= 0.6 is 0 Å². The number of aliphatic hydroxyl groups is 2. The number of rotatable bonds is 38. The molecule has 3 N–H and O–H groups in total. The third-order valence-electron chi connectivity index (χ3n) is 9.87. The fourth-order valence-corrected chi connectivity index (χ4v) is 6.66. The van der Waals surface area contributed by atoms with Crippen molar-refractivity contribution in [1.29, 1.82) is 0 Å². The zero-order valence-corrected chi connectivity index (χ0v) is 30.9. The normalized spacial score (nSPS) is 12.9. The molecular formula is C41H83NO3. The molecule has 0 aromatic carbocycles. The fraction of sp³-hybridized carbons (Fsp3) is 0.976. The van der Waals surface area contributed by atoms with Crippen LogP contribution in [-0.4, -0.2) is 34.9 Å². The molecule has 0 radical (unpaired) electrons. The van der Waals surface area contributed by atoms with E-state index in [1.54, 1.807) is 0 Å². The first-order valence-corrected chi connectivity index (χ1v) is 20.7. The second kappa shape index (κ2) is 37.8. The highest BCUT2D eigenvalue weighted by molar-refractivity contribution is 5.76. The van der Waals surface area contributed by atoms with E-state index in [9.17, 15) is 15.0 Å². The minimum atomic E-state index is -0.649. The van der Waals surface area contributed by atoms with E-state index in [0.717, 1.165) is 32.1 Å². The van der Waals surface area contributed by atoms with Crippen molar-refractivity contribution in [3.63, 3.8) is 0 Å². The predicted octanol–water partition coefficient (Wildman–Crippen LogP) is 12.5. The van der Waals surface area contributed by atoms with Crippen LogP contribution in [0.3, 0.4) is 0 Å². The molecule has 0 bridgehead atoms. The largest absolute Gasteiger partial charge is 0.394 e. The summed E-state index contributed by atoms with van der Waals surface area (Å²) in [6, 6.07) is -0.525. The maximum atomic E-state index is 12.2. The number of unbranched alkanes of at least 4 members (excludes halogenated alkanes) is 31. The summed E-state index contributed by atoms with van der Waals surface area (Å²) in [7, 11) is 0. The van der Waals surface area contributed by atoms with Gasteiger partial charge >= 0.3 is 0 Å². The van der Waals surface area contributed by atoms with Gasteiger partial charge in [0.2, 0.25) is 5.91 Å². The number of carbonyl (C=O) groups is 1. The van der Waals surface area contributed by atoms with E-state index in [0.29, 0.717) is 12.8 Å². The van der Waals surface area contributed by atoms with Crippen LogP contribution in [0.15, 0.2) is 0 Å². The van der Waals surface area contributed by atoms with Gasteiger partial charge in [-0.1, -0.05) is 219 Å². The molecule has 0 aliphatic heterocycles. The Morgan fingerprint density at radius 2 is 0.711 bits per heavy atom. The first kappa shape index (κ1) is 44.4. The molecular weight excluding hydrogens is 554 g/mol. The third kappa shape index (κ3) is 34.5. The molecule has 0 rings (SSSR count). The number of nitrogens with one attached hydrogen (secondary N) is 1. The summed E-state index contributed by atoms with van der Waals surface area (Å²) in [5.74, 6) is -0.0355. The summed E-state index contributed by atoms with van der Waals surface area (Å²) in [5.41, 5.74) is 0. The van der Waals surface area contributed by atoms with Crippen LogP contribution in [0.5, 0.6) is 0 Å². The van der Waals surface area contributed by atoms with Crippen LogP contribution in [0.1, 0.15) is 239 Å². The summed E-state index contributed by atoms with van der Waals surface area (Å²) < 4.78 is 0. The van der Waals surface area contributed by atoms with Crippen LogP contribution < -0.4 is 5.32 Å². The second-order valence-corrected chi connectivity index (χ2v) is 14.4. The standard InChI is InChI=1S/C41H83NO3/c1-3-5-7-9-10-11-12-13-14-15-16-17-18-19-20-21-22-23-24-25-26-27-28-29-30-31-32-33-35-37-41(45)42-39(38-43)40(44)36-34-8-6-4-2/h39-40,43-44H,3-38H2,1-2H3,(H,42,45). The van der Waals surface area contributed by atoms with Crippen molar-refractivity contribution in [2.24, 2.45) is 0 Å². The van der Waals surface area contributed by atoms with Crippen molar-refractivity contribution in [2.45, 2.75) is 251 Å². The zero-order valence-electron chi connectivity index (χ0n) is 30.9. The highest BCUT2D eigenvalue weighted by Crippen LogP contribution is 2.17. The van der Waals surface area contributed by atoms with Crippen molar-refractivity contribution in [3.05, 3.63) is 0 Å². The Kier molecular flexibility index (Phi) is 37.3. The van der Waals surface area contributed by atoms with Crippen molar-refractivity contribution < 1.29 is 15.0 Å². The monoisotopic (exact) mass is 638 g/mol. The predicted molar refractivity (Wildman–Crippen MR) is 198 cm³/mol. The Morgan fingerprint density at radius 3 is 1.00 bits per heavy atom. The average molecular weight is 638 g/mol. The van der Waals surface area contributed by atoms with Crippen LogP contribution in [0, 0.1) is 0 Å². The van der Waals surface area contributed by atoms with E-state index < -0.39 is 12.1 Å². The number of carbonyl (C=O) groups excluding carboxylic acids is 1. The highest BCUT2D eigenvalue weighted by atomic mass is 16.3. The summed E-state index contributed by atoms with van der Waals surface area (Å²) in [6.07, 6.45) is 45.3. The summed E-state index contributed by atoms with van der Waals surface area (Å²) in [6.45, 7) is 4.27. The summed E-state index contributed by atoms with van der Waals surface area (Å²) in [4.78, 5) is 12.2. The fourth-order valence-electron chi connectivity index (χ4n) is 6.66. The molecule has 270 valence electrons. The second-order valence-electron chi connectivity index (χ2n) is 14.4. The van der Waals surface area contributed by atoms with E-state index in [-0.39, 0.29) is 12.5 Å². The van der Waals surface area contributed by atoms with Gasteiger partial charge in [0.15, 0.2) is 0 Å². The molecule has 0 heterocycles. The molecule has 0 saturated carbocycles. The van der Waals surface area contributed by atoms with E-state index >= 15 is 0 Å². The molecule has 2 atom stereocenters. The zero-order chi connectivity index (χ0) is 32.9. The molecule has 45 heavy (non-hydrogen) atoms. The number of hydrogen-bond acceptors (Lipinski definition) is 3. The average Bonchev–Trinajstić information content (AvgIpc) is 3.04. The molecule has 0 aromatic heterocycles. The van der Waals surface area contributed by atoms with Crippen LogP contribution in [0.25, 0.3) is 0 Å². The number of hydrogen-bond donors (Lipinski definition) is 3. The minimum Gasteiger partial charge on any atom is -0.394 e. The van der Waals surface area contributed by atoms with Gasteiger partial charge in [0.05, 0.1) is 18.8 Å². The van der Waals surface area contributed by atoms with Gasteiger partial charge in [-0.3, -0.25) is 4.79 Å². The lowest BCUT2D eigenvalue weighted by Gasteiger charge is -2.22. The van der Waals surface area contributed by atoms with Gasteiger partial charge in [-0.15, -0.1) is 0 Å². The van der Waals surface area contributed by atoms with Gasteiger partial charge in [0, 0.05) is 6.42 Å². The molecule has 0 aliphatic rings. The lowest BCUT2D eigenvalue weighted by molar-refractivity contribution is -0.123. The van der Waals surface area contributed by atoms with E-state index in [1.165, 1.54) is 180 Å². The van der Waals surface area contributed by atoms with Gasteiger partial charge in [0.1, 0.15) is 0 Å². The van der Waals surface area contributed by atoms with E-state index in [1.807, 2.05) is 0 Å². The third-order valence-corrected chi connectivity index (χ3v) is 9.87. The molecule has 0 spiro atoms. The van der Waals surface area contributed by atoms with Crippen molar-refractivity contribution in [1.82, 2.24) is 5.32 Å². The topological polar surface area (TPSA) is 69.6 Å². The van der Waals surface area contributed by atoms with Gasteiger partial charge < -0.3 is 15.5 Å². The molecule has 4 heteroatoms. The Bertz CT molecular complexity index is 569. The highest BCUT2D eigenvalue weighted by Gasteiger charge is 2.19. The van der Waals surface area contributed by atoms with E-state index in [4.69, 9.17) is 0 Å². The Hall–Kier alpha value is -0.610. The van der Waals surface area contributed by atoms with Crippen LogP contribution in [0.2, 0.25) is 0 Å². The Labute approximate surface area is 283 Å². The van der Waals surface area contributed by atoms with Crippen molar-refractivity contribution in [2.75, 3.05) is 6.61 Å². The molecule has 4 nitrogen and oxygen atoms in total. The SMILES string of the molecule is CCCCCCCCCCCCCCCCCCCCCCCCCCCCCCCC(=O)NC(CO)C(O)CCCCCC. The minimum absolute atomic E-state index is 0.0355. The molecule has 0 aromatic rings. The lowest BCUT2D eigenvalue weighted by atomic mass is 10.0. The maximum absolute atomic E-state index is 12.2. The van der Waals surface area contributed by atoms with Gasteiger partial charge in [0.25, 0.3) is 0 Å². The number of amides is 1. The number of aliphatic hydroxyl groups excluding tert-OH is 2. The van der Waals surface area contributed by atoms with Crippen LogP contribution in [-0.2, 0) is 4.79 Å². The molecule has 0 fully saturated rings. The van der Waals surface area contributed by atoms with Crippen molar-refractivity contribution >= 4 is 5.91 Å². The smallest absolute Gasteiger partial charge is 0.220 e. The molecule has 2 unspecified atom stereocenters. The Morgan fingerprint density at radius 1 is 0.444 bits per heavy atom. The molecule has 0 saturated heterocycles. The van der Waals surface area contributed by atoms with Gasteiger partial charge in [-0.2, -0.15) is 0 Å². The first-order chi connectivity index (χ1) is 22.2. The molecule has 0 aliphatic carbocycles. The first-order valence-electron chi connectivity index (χ1n) is 20.7. The Balaban J connectivity index is 3.27. The molecule has 1 amide bonds. The summed E-state index contributed by atoms with van der Waals surface area (Å²) >= 11 is 0. The quantitative estimate of drug-likeness (QED) is 0.0590. The van der Waals surface area contributed by atoms with Gasteiger partial charge in [-0.05, 0) is 12.8 Å². The lowest BCUT2D eigenvalue weighted by Crippen LogP contribution is -2.45.